The van der Waals surface area contributed by atoms with Crippen molar-refractivity contribution < 1.29 is 8.95 Å². The largest absolute Gasteiger partial charge is 0.488 e. The van der Waals surface area contributed by atoms with E-state index >= 15 is 0 Å². The maximum absolute atomic E-state index is 12.2. The van der Waals surface area contributed by atoms with Crippen molar-refractivity contribution >= 4 is 16.4 Å². The van der Waals surface area contributed by atoms with Crippen molar-refractivity contribution in [3.63, 3.8) is 0 Å². The third-order valence-corrected chi connectivity index (χ3v) is 6.15. The van der Waals surface area contributed by atoms with Crippen LogP contribution in [0.25, 0.3) is 5.57 Å². The highest BCUT2D eigenvalue weighted by atomic mass is 32.2. The van der Waals surface area contributed by atoms with Crippen LogP contribution in [0.4, 0.5) is 0 Å². The third-order valence-electron chi connectivity index (χ3n) is 4.13. The monoisotopic (exact) mass is 304 g/mol. The lowest BCUT2D eigenvalue weighted by Gasteiger charge is -2.33. The molecule has 0 N–H and O–H groups in total. The van der Waals surface area contributed by atoms with Crippen LogP contribution in [-0.2, 0) is 10.8 Å². The average molecular weight is 304 g/mol. The summed E-state index contributed by atoms with van der Waals surface area (Å²) in [5.74, 6) is 0.909. The van der Waals surface area contributed by atoms with Gasteiger partial charge in [0.25, 0.3) is 0 Å². The maximum atomic E-state index is 12.2. The Morgan fingerprint density at radius 3 is 2.48 bits per heavy atom. The van der Waals surface area contributed by atoms with Gasteiger partial charge in [0.1, 0.15) is 11.4 Å². The summed E-state index contributed by atoms with van der Waals surface area (Å²) < 4.78 is 18.1. The van der Waals surface area contributed by atoms with E-state index in [-0.39, 0.29) is 10.9 Å². The summed E-state index contributed by atoms with van der Waals surface area (Å²) in [4.78, 5) is 0. The molecule has 2 aliphatic rings. The highest BCUT2D eigenvalue weighted by Crippen LogP contribution is 2.37. The molecule has 1 aromatic rings. The molecule has 3 atom stereocenters. The molecular weight excluding hydrogens is 280 g/mol. The van der Waals surface area contributed by atoms with Gasteiger partial charge in [0, 0.05) is 16.0 Å². The molecule has 0 aromatic heterocycles. The second-order valence-electron chi connectivity index (χ2n) is 7.05. The summed E-state index contributed by atoms with van der Waals surface area (Å²) in [7, 11) is -0.649. The summed E-state index contributed by atoms with van der Waals surface area (Å²) in [5, 5.41) is 0.646. The predicted molar refractivity (Wildman–Crippen MR) is 89.0 cm³/mol. The first-order valence-electron chi connectivity index (χ1n) is 7.82. The fraction of sp³-hybridized carbons (Fsp3) is 0.556. The third kappa shape index (κ3) is 3.39. The number of hydrogen-bond acceptors (Lipinski definition) is 2. The molecule has 2 aliphatic heterocycles. The summed E-state index contributed by atoms with van der Waals surface area (Å²) in [6.07, 6.45) is 6.64. The van der Waals surface area contributed by atoms with E-state index in [9.17, 15) is 4.21 Å². The first-order valence-corrected chi connectivity index (χ1v) is 9.09. The van der Waals surface area contributed by atoms with Gasteiger partial charge in [-0.1, -0.05) is 24.6 Å². The Bertz CT molecular complexity index is 566. The summed E-state index contributed by atoms with van der Waals surface area (Å²) in [5.41, 5.74) is 2.45. The van der Waals surface area contributed by atoms with E-state index in [1.807, 2.05) is 12.1 Å². The Kier molecular flexibility index (Phi) is 3.96. The molecule has 2 nitrogen and oxygen atoms in total. The molecule has 1 aromatic carbocycles. The highest BCUT2D eigenvalue weighted by Gasteiger charge is 2.33. The first kappa shape index (κ1) is 14.8. The van der Waals surface area contributed by atoms with Gasteiger partial charge in [-0.25, -0.2) is 0 Å². The van der Waals surface area contributed by atoms with Gasteiger partial charge < -0.3 is 4.74 Å². The number of hydrogen-bond donors (Lipinski definition) is 0. The number of rotatable bonds is 2. The Morgan fingerprint density at radius 1 is 1.14 bits per heavy atom. The minimum Gasteiger partial charge on any atom is -0.488 e. The molecule has 0 spiro atoms. The Labute approximate surface area is 130 Å². The van der Waals surface area contributed by atoms with Crippen molar-refractivity contribution in [3.8, 4) is 5.75 Å². The van der Waals surface area contributed by atoms with E-state index in [2.05, 4.69) is 39.0 Å². The molecule has 2 heterocycles. The molecule has 3 heteroatoms. The van der Waals surface area contributed by atoms with E-state index in [1.165, 1.54) is 17.6 Å². The van der Waals surface area contributed by atoms with Gasteiger partial charge in [-0.05, 0) is 63.3 Å². The highest BCUT2D eigenvalue weighted by molar-refractivity contribution is 7.86. The topological polar surface area (TPSA) is 26.3 Å². The van der Waals surface area contributed by atoms with E-state index in [4.69, 9.17) is 4.74 Å². The van der Waals surface area contributed by atoms with Gasteiger partial charge in [-0.2, -0.15) is 0 Å². The zero-order chi connectivity index (χ0) is 15.0. The molecule has 0 saturated carbocycles. The molecule has 0 radical (unpaired) electrons. The van der Waals surface area contributed by atoms with Gasteiger partial charge >= 0.3 is 0 Å². The van der Waals surface area contributed by atoms with Crippen LogP contribution in [0.15, 0.2) is 30.3 Å². The minimum atomic E-state index is -0.649. The number of benzene rings is 1. The first-order chi connectivity index (χ1) is 9.92. The average Bonchev–Trinajstić information content (AvgIpc) is 2.37. The summed E-state index contributed by atoms with van der Waals surface area (Å²) in [6, 6.07) is 8.36. The Morgan fingerprint density at radius 2 is 1.86 bits per heavy atom. The van der Waals surface area contributed by atoms with Gasteiger partial charge in [-0.15, -0.1) is 0 Å². The Balaban J connectivity index is 1.80. The fourth-order valence-corrected chi connectivity index (χ4v) is 5.14. The lowest BCUT2D eigenvalue weighted by molar-refractivity contribution is 0.131. The van der Waals surface area contributed by atoms with E-state index < -0.39 is 10.8 Å². The predicted octanol–water partition coefficient (Wildman–Crippen LogP) is 4.32. The molecule has 3 unspecified atom stereocenters. The number of allylic oxidation sites excluding steroid dienone is 1. The van der Waals surface area contributed by atoms with Gasteiger partial charge in [-0.3, -0.25) is 4.21 Å². The SMILES string of the molecule is CC(C)(C)Oc1ccc(C2=CC3CCCC(C2)S3=O)cc1. The second kappa shape index (κ2) is 5.60. The van der Waals surface area contributed by atoms with Crippen molar-refractivity contribution in [2.45, 2.75) is 62.6 Å². The van der Waals surface area contributed by atoms with Crippen LogP contribution >= 0.6 is 0 Å². The van der Waals surface area contributed by atoms with Crippen LogP contribution < -0.4 is 4.74 Å². The molecule has 1 saturated heterocycles. The molecule has 3 rings (SSSR count). The zero-order valence-electron chi connectivity index (χ0n) is 13.1. The molecule has 0 aliphatic carbocycles. The standard InChI is InChI=1S/C18H24O2S/c1-18(2,3)20-15-9-7-13(8-10-15)14-11-16-5-4-6-17(12-14)21(16)19/h7-11,16-17H,4-6,12H2,1-3H3. The molecule has 114 valence electrons. The van der Waals surface area contributed by atoms with Crippen molar-refractivity contribution in [2.24, 2.45) is 0 Å². The fourth-order valence-electron chi connectivity index (χ4n) is 3.20. The van der Waals surface area contributed by atoms with Gasteiger partial charge in [0.05, 0.1) is 5.25 Å². The number of fused-ring (bicyclic) bond motifs is 2. The van der Waals surface area contributed by atoms with Crippen LogP contribution in [0, 0.1) is 0 Å². The van der Waals surface area contributed by atoms with Crippen LogP contribution in [0.5, 0.6) is 5.75 Å². The summed E-state index contributed by atoms with van der Waals surface area (Å²) in [6.45, 7) is 6.17. The molecule has 21 heavy (non-hydrogen) atoms. The maximum Gasteiger partial charge on any atom is 0.120 e. The van der Waals surface area contributed by atoms with Crippen molar-refractivity contribution in [2.75, 3.05) is 0 Å². The lowest BCUT2D eigenvalue weighted by atomic mass is 9.93. The van der Waals surface area contributed by atoms with E-state index in [1.54, 1.807) is 0 Å². The molecule has 2 bridgehead atoms. The normalized spacial score (nSPS) is 28.9. The lowest BCUT2D eigenvalue weighted by Crippen LogP contribution is -2.33. The van der Waals surface area contributed by atoms with E-state index in [0.717, 1.165) is 25.0 Å². The van der Waals surface area contributed by atoms with Gasteiger partial charge in [0.2, 0.25) is 0 Å². The van der Waals surface area contributed by atoms with E-state index in [0.29, 0.717) is 5.25 Å². The van der Waals surface area contributed by atoms with Crippen molar-refractivity contribution in [3.05, 3.63) is 35.9 Å². The molecular formula is C18H24O2S. The minimum absolute atomic E-state index is 0.167. The zero-order valence-corrected chi connectivity index (χ0v) is 13.9. The van der Waals surface area contributed by atoms with Crippen LogP contribution in [0.3, 0.4) is 0 Å². The van der Waals surface area contributed by atoms with Crippen LogP contribution in [0.1, 0.15) is 52.0 Å². The molecule has 0 amide bonds. The smallest absolute Gasteiger partial charge is 0.120 e. The van der Waals surface area contributed by atoms with Crippen LogP contribution in [-0.4, -0.2) is 20.3 Å². The van der Waals surface area contributed by atoms with Crippen molar-refractivity contribution in [1.82, 2.24) is 0 Å². The summed E-state index contributed by atoms with van der Waals surface area (Å²) >= 11 is 0. The van der Waals surface area contributed by atoms with Crippen molar-refractivity contribution in [1.29, 1.82) is 0 Å². The van der Waals surface area contributed by atoms with Crippen LogP contribution in [0.2, 0.25) is 0 Å². The number of ether oxygens (including phenoxy) is 1. The quantitative estimate of drug-likeness (QED) is 0.813. The van der Waals surface area contributed by atoms with Gasteiger partial charge in [0.15, 0.2) is 0 Å². The second-order valence-corrected chi connectivity index (χ2v) is 8.98. The molecule has 1 fully saturated rings. The Hall–Kier alpha value is -1.09.